The van der Waals surface area contributed by atoms with Crippen LogP contribution in [0.2, 0.25) is 15.7 Å². The van der Waals surface area contributed by atoms with Crippen LogP contribution >= 0.6 is 0 Å². The predicted molar refractivity (Wildman–Crippen MR) is 83.1 cm³/mol. The zero-order chi connectivity index (χ0) is 14.7. The fourth-order valence-corrected chi connectivity index (χ4v) is 9.23. The van der Waals surface area contributed by atoms with Crippen LogP contribution in [0.3, 0.4) is 0 Å². The zero-order valence-corrected chi connectivity index (χ0v) is 15.9. The van der Waals surface area contributed by atoms with Crippen molar-refractivity contribution >= 4 is 0 Å². The van der Waals surface area contributed by atoms with Crippen LogP contribution in [0.5, 0.6) is 0 Å². The number of allylic oxidation sites excluding steroid dienone is 4. The first kappa shape index (κ1) is 15.6. The molecular formula is C18H32Ti. The molecule has 0 heterocycles. The van der Waals surface area contributed by atoms with Crippen molar-refractivity contribution in [2.75, 3.05) is 0 Å². The Morgan fingerprint density at radius 1 is 0.789 bits per heavy atom. The fraction of sp³-hybridized carbons (Fsp3) is 0.778. The summed E-state index contributed by atoms with van der Waals surface area (Å²) in [4.78, 5) is 0. The Morgan fingerprint density at radius 2 is 1.26 bits per heavy atom. The van der Waals surface area contributed by atoms with E-state index in [1.165, 1.54) is 0 Å². The van der Waals surface area contributed by atoms with Gasteiger partial charge < -0.3 is 0 Å². The van der Waals surface area contributed by atoms with E-state index in [1.54, 1.807) is 11.1 Å². The van der Waals surface area contributed by atoms with Crippen molar-refractivity contribution in [2.45, 2.75) is 57.2 Å². The van der Waals surface area contributed by atoms with E-state index in [9.17, 15) is 0 Å². The van der Waals surface area contributed by atoms with Gasteiger partial charge in [-0.25, -0.2) is 0 Å². The number of hydrogen-bond donors (Lipinski definition) is 0. The van der Waals surface area contributed by atoms with Gasteiger partial charge in [-0.3, -0.25) is 0 Å². The Morgan fingerprint density at radius 3 is 1.74 bits per heavy atom. The number of rotatable bonds is 1. The van der Waals surface area contributed by atoms with E-state index in [1.807, 2.05) is 9.45 Å². The molecule has 0 radical (unpaired) electrons. The van der Waals surface area contributed by atoms with E-state index in [0.29, 0.717) is 0 Å². The SMILES string of the molecule is CC1=[C]([Ti]([CH3])([CH3])[CH3])C(C)C2=C1C(C)C(C)C(C)C2C. The first-order chi connectivity index (χ1) is 8.59. The molecule has 5 atom stereocenters. The van der Waals surface area contributed by atoms with Crippen molar-refractivity contribution in [1.82, 2.24) is 0 Å². The van der Waals surface area contributed by atoms with Crippen LogP contribution in [0, 0.1) is 29.6 Å². The Kier molecular flexibility index (Phi) is 4.00. The van der Waals surface area contributed by atoms with Gasteiger partial charge in [-0.15, -0.1) is 0 Å². The first-order valence-corrected chi connectivity index (χ1v) is 13.5. The molecule has 0 aliphatic heterocycles. The third kappa shape index (κ3) is 2.24. The Hall–Kier alpha value is 0.194. The molecule has 2 aliphatic carbocycles. The third-order valence-corrected chi connectivity index (χ3v) is 9.96. The summed E-state index contributed by atoms with van der Waals surface area (Å²) in [7, 11) is 0. The van der Waals surface area contributed by atoms with Crippen LogP contribution in [0.25, 0.3) is 0 Å². The molecule has 0 aromatic carbocycles. The summed E-state index contributed by atoms with van der Waals surface area (Å²) in [5.74, 6) is 3.92. The Bertz CT molecular complexity index is 447. The van der Waals surface area contributed by atoms with Crippen LogP contribution in [0.15, 0.2) is 20.6 Å². The molecule has 0 aromatic rings. The molecule has 0 nitrogen and oxygen atoms in total. The fourth-order valence-electron chi connectivity index (χ4n) is 4.99. The predicted octanol–water partition coefficient (Wildman–Crippen LogP) is 6.06. The van der Waals surface area contributed by atoms with E-state index in [4.69, 9.17) is 0 Å². The normalized spacial score (nSPS) is 39.9. The van der Waals surface area contributed by atoms with Gasteiger partial charge >= 0.3 is 124 Å². The van der Waals surface area contributed by atoms with Gasteiger partial charge in [0.1, 0.15) is 0 Å². The van der Waals surface area contributed by atoms with Gasteiger partial charge in [0, 0.05) is 0 Å². The molecule has 0 spiro atoms. The second kappa shape index (κ2) is 4.88. The molecule has 0 saturated carbocycles. The molecule has 0 aromatic heterocycles. The van der Waals surface area contributed by atoms with E-state index in [0.717, 1.165) is 29.6 Å². The van der Waals surface area contributed by atoms with Gasteiger partial charge in [-0.2, -0.15) is 0 Å². The quantitative estimate of drug-likeness (QED) is 0.516. The van der Waals surface area contributed by atoms with Crippen LogP contribution in [0.1, 0.15) is 41.5 Å². The van der Waals surface area contributed by atoms with Crippen LogP contribution in [-0.4, -0.2) is 0 Å². The second-order valence-corrected chi connectivity index (χ2v) is 16.0. The zero-order valence-electron chi connectivity index (χ0n) is 14.4. The van der Waals surface area contributed by atoms with E-state index in [2.05, 4.69) is 57.2 Å². The summed E-state index contributed by atoms with van der Waals surface area (Å²) in [6.45, 7) is 14.8. The first-order valence-electron chi connectivity index (χ1n) is 8.04. The molecule has 0 N–H and O–H groups in total. The van der Waals surface area contributed by atoms with Crippen LogP contribution in [0.4, 0.5) is 0 Å². The summed E-state index contributed by atoms with van der Waals surface area (Å²) in [5, 5.41) is 7.70. The maximum atomic E-state index is 2.57. The second-order valence-electron chi connectivity index (χ2n) is 8.17. The molecule has 2 rings (SSSR count). The van der Waals surface area contributed by atoms with E-state index in [-0.39, 0.29) is 0 Å². The minimum atomic E-state index is -1.73. The van der Waals surface area contributed by atoms with Gasteiger partial charge in [0.15, 0.2) is 0 Å². The average Bonchev–Trinajstić information content (AvgIpc) is 2.55. The summed E-state index contributed by atoms with van der Waals surface area (Å²) in [5.41, 5.74) is 5.28. The Balaban J connectivity index is 2.57. The van der Waals surface area contributed by atoms with Crippen molar-refractivity contribution in [3.05, 3.63) is 20.6 Å². The number of hydrogen-bond acceptors (Lipinski definition) is 0. The topological polar surface area (TPSA) is 0 Å². The molecular weight excluding hydrogens is 264 g/mol. The molecule has 2 aliphatic rings. The van der Waals surface area contributed by atoms with Gasteiger partial charge in [-0.05, 0) is 0 Å². The molecule has 19 heavy (non-hydrogen) atoms. The van der Waals surface area contributed by atoms with Crippen molar-refractivity contribution < 1.29 is 16.6 Å². The Labute approximate surface area is 124 Å². The molecule has 0 fully saturated rings. The summed E-state index contributed by atoms with van der Waals surface area (Å²) in [6.07, 6.45) is 0. The summed E-state index contributed by atoms with van der Waals surface area (Å²) < 4.78 is 1.88. The molecule has 0 saturated heterocycles. The van der Waals surface area contributed by atoms with Crippen molar-refractivity contribution in [3.8, 4) is 0 Å². The molecule has 108 valence electrons. The standard InChI is InChI=1S/C15H23.3CH3.Ti/c1-8-7-9(2)15-13(6)11(4)10(3)12(5)14(8)15;;;;/h8,10-13H,1-6H3;3*1H3;. The third-order valence-electron chi connectivity index (χ3n) is 6.18. The molecule has 0 bridgehead atoms. The van der Waals surface area contributed by atoms with Gasteiger partial charge in [0.25, 0.3) is 0 Å². The van der Waals surface area contributed by atoms with Gasteiger partial charge in [0.05, 0.1) is 0 Å². The molecule has 5 unspecified atom stereocenters. The molecule has 0 amide bonds. The summed E-state index contributed by atoms with van der Waals surface area (Å²) >= 11 is -1.73. The van der Waals surface area contributed by atoms with Gasteiger partial charge in [0.2, 0.25) is 0 Å². The van der Waals surface area contributed by atoms with Crippen molar-refractivity contribution in [3.63, 3.8) is 0 Å². The van der Waals surface area contributed by atoms with Crippen molar-refractivity contribution in [1.29, 1.82) is 0 Å². The average molecular weight is 296 g/mol. The maximum absolute atomic E-state index is 2.57. The van der Waals surface area contributed by atoms with E-state index >= 15 is 0 Å². The monoisotopic (exact) mass is 296 g/mol. The van der Waals surface area contributed by atoms with Gasteiger partial charge in [-0.1, -0.05) is 0 Å². The van der Waals surface area contributed by atoms with Crippen LogP contribution < -0.4 is 0 Å². The van der Waals surface area contributed by atoms with E-state index < -0.39 is 16.6 Å². The summed E-state index contributed by atoms with van der Waals surface area (Å²) in [6, 6.07) is 0. The van der Waals surface area contributed by atoms with Crippen molar-refractivity contribution in [2.24, 2.45) is 29.6 Å². The van der Waals surface area contributed by atoms with Crippen LogP contribution in [-0.2, 0) is 16.6 Å². The molecule has 1 heteroatoms. The minimum absolute atomic E-state index is 0.738.